The molecule has 0 aromatic heterocycles. The number of hydrogen-bond acceptors (Lipinski definition) is 5. The molecule has 0 saturated heterocycles. The minimum atomic E-state index is -0.140. The number of benzene rings is 1. The molecule has 0 aliphatic carbocycles. The Bertz CT molecular complexity index is 490. The molecule has 5 nitrogen and oxygen atoms in total. The number of anilines is 1. The van der Waals surface area contributed by atoms with Gasteiger partial charge in [0.15, 0.2) is 0 Å². The fourth-order valence-corrected chi connectivity index (χ4v) is 2.73. The van der Waals surface area contributed by atoms with Gasteiger partial charge in [-0.05, 0) is 25.0 Å². The van der Waals surface area contributed by atoms with Crippen molar-refractivity contribution in [3.63, 3.8) is 0 Å². The molecular formula is C22H35NO4. The maximum Gasteiger partial charge on any atom is 0.305 e. The Morgan fingerprint density at radius 2 is 1.26 bits per heavy atom. The van der Waals surface area contributed by atoms with E-state index in [1.54, 1.807) is 0 Å². The molecule has 0 unspecified atom stereocenters. The summed E-state index contributed by atoms with van der Waals surface area (Å²) in [6, 6.07) is 9.91. The van der Waals surface area contributed by atoms with Gasteiger partial charge in [0.2, 0.25) is 0 Å². The zero-order valence-electron chi connectivity index (χ0n) is 17.0. The lowest BCUT2D eigenvalue weighted by Crippen LogP contribution is -2.32. The standard InChI is InChI=1S/C22H35NO4/c1-3-5-8-14-21(24)26-18-16-23(20-12-10-7-11-13-20)17-19-27-22(25)15-9-6-4-2/h7,10-13H,3-6,8-9,14-19H2,1-2H3. The van der Waals surface area contributed by atoms with Gasteiger partial charge in [0.1, 0.15) is 13.2 Å². The number of esters is 2. The Balaban J connectivity index is 2.38. The number of unbranched alkanes of at least 4 members (excludes halogenated alkanes) is 4. The Labute approximate surface area is 164 Å². The Morgan fingerprint density at radius 1 is 0.778 bits per heavy atom. The van der Waals surface area contributed by atoms with Crippen LogP contribution >= 0.6 is 0 Å². The van der Waals surface area contributed by atoms with Crippen molar-refractivity contribution in [2.45, 2.75) is 65.2 Å². The molecule has 0 aliphatic heterocycles. The topological polar surface area (TPSA) is 55.8 Å². The number of hydrogen-bond donors (Lipinski definition) is 0. The molecule has 0 N–H and O–H groups in total. The lowest BCUT2D eigenvalue weighted by atomic mass is 10.2. The second kappa shape index (κ2) is 15.1. The summed E-state index contributed by atoms with van der Waals surface area (Å²) < 4.78 is 10.7. The van der Waals surface area contributed by atoms with E-state index in [1.165, 1.54) is 0 Å². The quantitative estimate of drug-likeness (QED) is 0.326. The van der Waals surface area contributed by atoms with Crippen molar-refractivity contribution >= 4 is 17.6 Å². The predicted octanol–water partition coefficient (Wildman–Crippen LogP) is 4.74. The molecule has 0 amide bonds. The lowest BCUT2D eigenvalue weighted by Gasteiger charge is -2.24. The minimum Gasteiger partial charge on any atom is -0.464 e. The second-order valence-corrected chi connectivity index (χ2v) is 6.68. The fourth-order valence-electron chi connectivity index (χ4n) is 2.73. The van der Waals surface area contributed by atoms with Gasteiger partial charge in [-0.25, -0.2) is 0 Å². The number of nitrogens with zero attached hydrogens (tertiary/aromatic N) is 1. The predicted molar refractivity (Wildman–Crippen MR) is 109 cm³/mol. The molecule has 0 heterocycles. The largest absolute Gasteiger partial charge is 0.464 e. The molecular weight excluding hydrogens is 342 g/mol. The zero-order valence-corrected chi connectivity index (χ0v) is 17.0. The van der Waals surface area contributed by atoms with E-state index >= 15 is 0 Å². The van der Waals surface area contributed by atoms with Crippen LogP contribution in [0.2, 0.25) is 0 Å². The summed E-state index contributed by atoms with van der Waals surface area (Å²) in [5.41, 5.74) is 1.03. The molecule has 0 fully saturated rings. The van der Waals surface area contributed by atoms with Crippen LogP contribution in [0.15, 0.2) is 30.3 Å². The fraction of sp³-hybridized carbons (Fsp3) is 0.636. The highest BCUT2D eigenvalue weighted by molar-refractivity contribution is 5.69. The summed E-state index contributed by atoms with van der Waals surface area (Å²) >= 11 is 0. The van der Waals surface area contributed by atoms with E-state index in [1.807, 2.05) is 30.3 Å². The first-order chi connectivity index (χ1) is 13.2. The third-order valence-electron chi connectivity index (χ3n) is 4.34. The maximum absolute atomic E-state index is 11.8. The van der Waals surface area contributed by atoms with Crippen LogP contribution in [0.25, 0.3) is 0 Å². The number of rotatable bonds is 15. The van der Waals surface area contributed by atoms with Crippen molar-refractivity contribution in [1.29, 1.82) is 0 Å². The maximum atomic E-state index is 11.8. The molecule has 0 spiro atoms. The summed E-state index contributed by atoms with van der Waals surface area (Å²) in [7, 11) is 0. The SMILES string of the molecule is CCCCCC(=O)OCCN(CCOC(=O)CCCCC)c1ccccc1. The average Bonchev–Trinajstić information content (AvgIpc) is 2.68. The van der Waals surface area contributed by atoms with Gasteiger partial charge in [0, 0.05) is 18.5 Å². The van der Waals surface area contributed by atoms with Gasteiger partial charge in [-0.2, -0.15) is 0 Å². The van der Waals surface area contributed by atoms with Crippen LogP contribution in [0.1, 0.15) is 65.2 Å². The Kier molecular flexibility index (Phi) is 12.8. The van der Waals surface area contributed by atoms with E-state index in [9.17, 15) is 9.59 Å². The van der Waals surface area contributed by atoms with Crippen LogP contribution in [0.3, 0.4) is 0 Å². The summed E-state index contributed by atoms with van der Waals surface area (Å²) in [5, 5.41) is 0. The molecule has 152 valence electrons. The first kappa shape index (κ1) is 23.0. The molecule has 1 rings (SSSR count). The Morgan fingerprint density at radius 3 is 1.70 bits per heavy atom. The van der Waals surface area contributed by atoms with Crippen molar-refractivity contribution in [2.75, 3.05) is 31.2 Å². The van der Waals surface area contributed by atoms with E-state index in [4.69, 9.17) is 9.47 Å². The lowest BCUT2D eigenvalue weighted by molar-refractivity contribution is -0.143. The van der Waals surface area contributed by atoms with Crippen LogP contribution in [-0.4, -0.2) is 38.2 Å². The number of para-hydroxylation sites is 1. The van der Waals surface area contributed by atoms with Gasteiger partial charge in [0.25, 0.3) is 0 Å². The van der Waals surface area contributed by atoms with Crippen LogP contribution in [-0.2, 0) is 19.1 Å². The highest BCUT2D eigenvalue weighted by Gasteiger charge is 2.10. The van der Waals surface area contributed by atoms with Crippen molar-refractivity contribution in [3.8, 4) is 0 Å². The van der Waals surface area contributed by atoms with Gasteiger partial charge in [-0.3, -0.25) is 9.59 Å². The minimum absolute atomic E-state index is 0.140. The normalized spacial score (nSPS) is 10.4. The summed E-state index contributed by atoms with van der Waals surface area (Å²) in [5.74, 6) is -0.280. The first-order valence-electron chi connectivity index (χ1n) is 10.3. The molecule has 5 heteroatoms. The molecule has 0 aliphatic rings. The van der Waals surface area contributed by atoms with Crippen LogP contribution in [0.5, 0.6) is 0 Å². The molecule has 1 aromatic carbocycles. The number of carbonyl (C=O) groups is 2. The first-order valence-corrected chi connectivity index (χ1v) is 10.3. The van der Waals surface area contributed by atoms with Crippen LogP contribution < -0.4 is 4.90 Å². The third kappa shape index (κ3) is 11.3. The van der Waals surface area contributed by atoms with E-state index in [0.29, 0.717) is 39.1 Å². The van der Waals surface area contributed by atoms with Gasteiger partial charge in [-0.1, -0.05) is 57.7 Å². The summed E-state index contributed by atoms with van der Waals surface area (Å²) in [4.78, 5) is 25.6. The molecule has 27 heavy (non-hydrogen) atoms. The number of ether oxygens (including phenoxy) is 2. The third-order valence-corrected chi connectivity index (χ3v) is 4.34. The zero-order chi connectivity index (χ0) is 19.7. The van der Waals surface area contributed by atoms with Gasteiger partial charge in [0.05, 0.1) is 13.1 Å². The highest BCUT2D eigenvalue weighted by Crippen LogP contribution is 2.13. The molecule has 0 saturated carbocycles. The molecule has 0 radical (unpaired) electrons. The van der Waals surface area contributed by atoms with Gasteiger partial charge >= 0.3 is 11.9 Å². The average molecular weight is 378 g/mol. The van der Waals surface area contributed by atoms with Crippen LogP contribution in [0.4, 0.5) is 5.69 Å². The van der Waals surface area contributed by atoms with Crippen molar-refractivity contribution in [3.05, 3.63) is 30.3 Å². The highest BCUT2D eigenvalue weighted by atomic mass is 16.5. The second-order valence-electron chi connectivity index (χ2n) is 6.68. The molecule has 0 atom stereocenters. The van der Waals surface area contributed by atoms with Crippen molar-refractivity contribution < 1.29 is 19.1 Å². The van der Waals surface area contributed by atoms with Gasteiger partial charge in [-0.15, -0.1) is 0 Å². The van der Waals surface area contributed by atoms with Crippen molar-refractivity contribution in [2.24, 2.45) is 0 Å². The summed E-state index contributed by atoms with van der Waals surface area (Å²) in [6.45, 7) is 6.06. The van der Waals surface area contributed by atoms with E-state index in [0.717, 1.165) is 44.2 Å². The Hall–Kier alpha value is -2.04. The van der Waals surface area contributed by atoms with Gasteiger partial charge < -0.3 is 14.4 Å². The summed E-state index contributed by atoms with van der Waals surface area (Å²) in [6.07, 6.45) is 7.00. The number of carbonyl (C=O) groups excluding carboxylic acids is 2. The van der Waals surface area contributed by atoms with Crippen molar-refractivity contribution in [1.82, 2.24) is 0 Å². The van der Waals surface area contributed by atoms with E-state index < -0.39 is 0 Å². The molecule has 0 bridgehead atoms. The van der Waals surface area contributed by atoms with E-state index in [2.05, 4.69) is 18.7 Å². The molecule has 1 aromatic rings. The van der Waals surface area contributed by atoms with E-state index in [-0.39, 0.29) is 11.9 Å². The smallest absolute Gasteiger partial charge is 0.305 e. The monoisotopic (exact) mass is 377 g/mol. The van der Waals surface area contributed by atoms with Crippen LogP contribution in [0, 0.1) is 0 Å².